The van der Waals surface area contributed by atoms with Gasteiger partial charge >= 0.3 is 5.97 Å². The summed E-state index contributed by atoms with van der Waals surface area (Å²) in [7, 11) is -1.91. The van der Waals surface area contributed by atoms with Gasteiger partial charge in [-0.3, -0.25) is 4.79 Å². The van der Waals surface area contributed by atoms with Gasteiger partial charge in [0.2, 0.25) is 0 Å². The number of carboxylic acids is 1. The van der Waals surface area contributed by atoms with Gasteiger partial charge in [-0.15, -0.1) is 0 Å². The van der Waals surface area contributed by atoms with Crippen LogP contribution in [0.2, 0.25) is 0 Å². The monoisotopic (exact) mass is 716 g/mol. The van der Waals surface area contributed by atoms with Gasteiger partial charge in [-0.25, -0.2) is 26.9 Å². The van der Waals surface area contributed by atoms with Gasteiger partial charge < -0.3 is 14.8 Å². The molecule has 0 radical (unpaired) electrons. The van der Waals surface area contributed by atoms with Crippen molar-refractivity contribution < 1.29 is 31.8 Å². The largest absolute Gasteiger partial charge is 0.481 e. The van der Waals surface area contributed by atoms with E-state index in [1.807, 2.05) is 45.0 Å². The van der Waals surface area contributed by atoms with E-state index in [1.165, 1.54) is 28.9 Å². The molecule has 3 heterocycles. The quantitative estimate of drug-likeness (QED) is 0.194. The molecule has 51 heavy (non-hydrogen) atoms. The van der Waals surface area contributed by atoms with Gasteiger partial charge in [-0.05, 0) is 86.3 Å². The average Bonchev–Trinajstić information content (AvgIpc) is 3.51. The van der Waals surface area contributed by atoms with Crippen molar-refractivity contribution in [3.8, 4) is 22.9 Å². The first-order valence-corrected chi connectivity index (χ1v) is 19.1. The maximum atomic E-state index is 15.7. The van der Waals surface area contributed by atoms with Crippen LogP contribution in [-0.2, 0) is 39.9 Å². The van der Waals surface area contributed by atoms with Crippen molar-refractivity contribution in [3.63, 3.8) is 0 Å². The Bertz CT molecular complexity index is 2270. The van der Waals surface area contributed by atoms with Crippen LogP contribution in [0.25, 0.3) is 22.3 Å². The lowest BCUT2D eigenvalue weighted by molar-refractivity contribution is -0.143. The molecule has 1 saturated carbocycles. The van der Waals surface area contributed by atoms with Crippen molar-refractivity contribution in [2.45, 2.75) is 71.1 Å². The number of hydrogen-bond acceptors (Lipinski definition) is 6. The summed E-state index contributed by atoms with van der Waals surface area (Å²) in [5, 5.41) is 15.3. The Kier molecular flexibility index (Phi) is 8.59. The van der Waals surface area contributed by atoms with Gasteiger partial charge in [0.1, 0.15) is 11.6 Å². The zero-order valence-corrected chi connectivity index (χ0v) is 30.0. The van der Waals surface area contributed by atoms with Crippen molar-refractivity contribution in [2.24, 2.45) is 17.9 Å². The molecule has 0 amide bonds. The molecule has 12 heteroatoms. The predicted molar refractivity (Wildman–Crippen MR) is 191 cm³/mol. The summed E-state index contributed by atoms with van der Waals surface area (Å²) in [6, 6.07) is 15.0. The van der Waals surface area contributed by atoms with Crippen LogP contribution in [-0.4, -0.2) is 50.7 Å². The SMILES string of the molecule is Cn1nc2nc1-c1cc(ccc1F)Oc1c(F)cc3[nH]ccc3c1CCS(=O)(=O)CC(C)(C)CCC[C@]2(C)c1cccc(CC2(C(=O)O)CC2)c1. The minimum atomic E-state index is -3.59. The van der Waals surface area contributed by atoms with Crippen LogP contribution in [0.5, 0.6) is 11.5 Å². The van der Waals surface area contributed by atoms with Crippen molar-refractivity contribution in [1.29, 1.82) is 0 Å². The number of fused-ring (bicyclic) bond motifs is 8. The van der Waals surface area contributed by atoms with Gasteiger partial charge in [0, 0.05) is 35.8 Å². The first kappa shape index (κ1) is 34.9. The Morgan fingerprint density at radius 3 is 2.55 bits per heavy atom. The molecule has 9 nitrogen and oxygen atoms in total. The topological polar surface area (TPSA) is 127 Å². The number of aromatic nitrogens is 4. The molecule has 0 saturated heterocycles. The van der Waals surface area contributed by atoms with Crippen LogP contribution in [0.4, 0.5) is 8.78 Å². The molecule has 7 rings (SSSR count). The zero-order valence-electron chi connectivity index (χ0n) is 29.2. The molecule has 2 aliphatic rings. The van der Waals surface area contributed by atoms with Gasteiger partial charge in [-0.1, -0.05) is 44.5 Å². The fourth-order valence-electron chi connectivity index (χ4n) is 7.63. The molecule has 0 spiro atoms. The summed E-state index contributed by atoms with van der Waals surface area (Å²) in [5.74, 6) is -1.55. The number of benzene rings is 3. The third-order valence-electron chi connectivity index (χ3n) is 10.7. The predicted octanol–water partition coefficient (Wildman–Crippen LogP) is 7.91. The number of aromatic amines is 1. The number of sulfone groups is 1. The van der Waals surface area contributed by atoms with Crippen molar-refractivity contribution in [2.75, 3.05) is 11.5 Å². The van der Waals surface area contributed by atoms with E-state index in [2.05, 4.69) is 4.98 Å². The second-order valence-corrected chi connectivity index (χ2v) is 17.6. The number of ether oxygens (including phenoxy) is 1. The number of aryl methyl sites for hydroxylation is 2. The van der Waals surface area contributed by atoms with Crippen molar-refractivity contribution in [3.05, 3.63) is 94.9 Å². The first-order valence-electron chi connectivity index (χ1n) is 17.3. The first-order chi connectivity index (χ1) is 24.1. The summed E-state index contributed by atoms with van der Waals surface area (Å²) in [5.41, 5.74) is 0.706. The summed E-state index contributed by atoms with van der Waals surface area (Å²) in [6.07, 6.45) is 5.14. The van der Waals surface area contributed by atoms with Crippen LogP contribution in [0, 0.1) is 22.5 Å². The highest BCUT2D eigenvalue weighted by Gasteiger charge is 2.50. The standard InChI is InChI=1S/C39H42F2N4O5S/c1-37(2)13-6-14-38(3,25-8-5-7-24(19-25)22-39(15-16-39)36(46)47)35-43-34(45(4)44-35)29-20-26(9-10-30(29)40)50-33-28(12-18-51(48,49)23-37)27-11-17-42-32(27)21-31(33)41/h5,7-11,17,19-21,42H,6,12-16,18,22-23H2,1-4H3,(H,46,47)/t38-/m1/s1. The smallest absolute Gasteiger partial charge is 0.309 e. The number of rotatable bonds is 4. The van der Waals surface area contributed by atoms with Crippen LogP contribution in [0.1, 0.15) is 75.4 Å². The highest BCUT2D eigenvalue weighted by Crippen LogP contribution is 2.49. The zero-order chi connectivity index (χ0) is 36.3. The second-order valence-electron chi connectivity index (χ2n) is 15.4. The highest BCUT2D eigenvalue weighted by atomic mass is 32.2. The molecule has 1 aliphatic carbocycles. The second kappa shape index (κ2) is 12.6. The van der Waals surface area contributed by atoms with Crippen molar-refractivity contribution >= 4 is 26.7 Å². The molecule has 268 valence electrons. The Hall–Kier alpha value is -4.58. The summed E-state index contributed by atoms with van der Waals surface area (Å²) in [6.45, 7) is 5.90. The lowest BCUT2D eigenvalue weighted by atomic mass is 9.75. The average molecular weight is 717 g/mol. The maximum absolute atomic E-state index is 15.7. The highest BCUT2D eigenvalue weighted by molar-refractivity contribution is 7.91. The number of carboxylic acid groups (broad SMARTS) is 1. The Morgan fingerprint density at radius 2 is 1.80 bits per heavy atom. The molecule has 3 aromatic carbocycles. The van der Waals surface area contributed by atoms with E-state index in [0.717, 1.165) is 11.1 Å². The van der Waals surface area contributed by atoms with Crippen molar-refractivity contribution in [1.82, 2.24) is 19.7 Å². The van der Waals surface area contributed by atoms with Gasteiger partial charge in [-0.2, -0.15) is 5.10 Å². The molecule has 4 bridgehead atoms. The lowest BCUT2D eigenvalue weighted by Crippen LogP contribution is -2.29. The molecule has 1 fully saturated rings. The Morgan fingerprint density at radius 1 is 1.02 bits per heavy atom. The molecule has 5 aromatic rings. The number of H-pyrrole nitrogens is 1. The van der Waals surface area contributed by atoms with Gasteiger partial charge in [0.25, 0.3) is 0 Å². The lowest BCUT2D eigenvalue weighted by Gasteiger charge is -2.31. The summed E-state index contributed by atoms with van der Waals surface area (Å²) < 4.78 is 66.3. The van der Waals surface area contributed by atoms with E-state index in [1.54, 1.807) is 19.3 Å². The maximum Gasteiger partial charge on any atom is 0.309 e. The minimum absolute atomic E-state index is 0.0259. The van der Waals surface area contributed by atoms with E-state index < -0.39 is 43.7 Å². The number of nitrogens with zero attached hydrogens (tertiary/aromatic N) is 3. The number of nitrogens with one attached hydrogen (secondary N) is 1. The van der Waals surface area contributed by atoms with Crippen LogP contribution in [0.15, 0.2) is 60.8 Å². The van der Waals surface area contributed by atoms with Gasteiger partial charge in [0.15, 0.2) is 33.1 Å². The molecule has 1 atom stereocenters. The van der Waals surface area contributed by atoms with Crippen LogP contribution < -0.4 is 4.74 Å². The number of aliphatic carboxylic acids is 1. The molecule has 0 unspecified atom stereocenters. The number of carbonyl (C=O) groups is 1. The molecule has 2 N–H and O–H groups in total. The Balaban J connectivity index is 1.35. The third kappa shape index (κ3) is 6.78. The van der Waals surface area contributed by atoms with E-state index in [9.17, 15) is 18.3 Å². The molecule has 2 aromatic heterocycles. The third-order valence-corrected chi connectivity index (χ3v) is 12.8. The van der Waals surface area contributed by atoms with E-state index >= 15 is 8.78 Å². The van der Waals surface area contributed by atoms with Crippen LogP contribution >= 0.6 is 0 Å². The van der Waals surface area contributed by atoms with E-state index in [0.29, 0.717) is 60.8 Å². The minimum Gasteiger partial charge on any atom is -0.481 e. The summed E-state index contributed by atoms with van der Waals surface area (Å²) >= 11 is 0. The Labute approximate surface area is 296 Å². The number of halogens is 2. The molecule has 1 aliphatic heterocycles. The van der Waals surface area contributed by atoms with Crippen LogP contribution in [0.3, 0.4) is 0 Å². The van der Waals surface area contributed by atoms with Gasteiger partial charge in [0.05, 0.1) is 27.9 Å². The molecular weight excluding hydrogens is 675 g/mol. The fraction of sp³-hybridized carbons (Fsp3) is 0.410. The van der Waals surface area contributed by atoms with E-state index in [4.69, 9.17) is 14.8 Å². The van der Waals surface area contributed by atoms with E-state index in [-0.39, 0.29) is 40.8 Å². The normalized spacial score (nSPS) is 21.2. The molecular formula is C39H42F2N4O5S. The number of hydrogen-bond donors (Lipinski definition) is 2. The summed E-state index contributed by atoms with van der Waals surface area (Å²) in [4.78, 5) is 19.9. The fourth-order valence-corrected chi connectivity index (χ4v) is 9.62.